The van der Waals surface area contributed by atoms with Crippen molar-refractivity contribution in [3.8, 4) is 0 Å². The second-order valence-electron chi connectivity index (χ2n) is 6.84. The largest absolute Gasteiger partial charge is 0.398 e. The van der Waals surface area contributed by atoms with Crippen molar-refractivity contribution in [2.45, 2.75) is 19.9 Å². The fourth-order valence-electron chi connectivity index (χ4n) is 2.85. The number of aromatic nitrogens is 1. The molecule has 0 saturated carbocycles. The van der Waals surface area contributed by atoms with Gasteiger partial charge < -0.3 is 11.1 Å². The van der Waals surface area contributed by atoms with Crippen molar-refractivity contribution < 1.29 is 9.59 Å². The van der Waals surface area contributed by atoms with Gasteiger partial charge in [-0.05, 0) is 47.4 Å². The van der Waals surface area contributed by atoms with Gasteiger partial charge in [0.1, 0.15) is 0 Å². The van der Waals surface area contributed by atoms with Gasteiger partial charge in [-0.2, -0.15) is 0 Å². The van der Waals surface area contributed by atoms with E-state index in [1.807, 2.05) is 49.4 Å². The zero-order chi connectivity index (χ0) is 20.6. The van der Waals surface area contributed by atoms with Crippen molar-refractivity contribution in [2.75, 3.05) is 5.73 Å². The van der Waals surface area contributed by atoms with E-state index in [1.54, 1.807) is 30.6 Å². The number of anilines is 1. The summed E-state index contributed by atoms with van der Waals surface area (Å²) in [7, 11) is 0. The lowest BCUT2D eigenvalue weighted by molar-refractivity contribution is -0.116. The average Bonchev–Trinajstić information content (AvgIpc) is 2.74. The molecule has 1 amide bonds. The maximum absolute atomic E-state index is 12.5. The number of nitrogens with two attached hydrogens (primary N) is 1. The normalized spacial score (nSPS) is 10.8. The van der Waals surface area contributed by atoms with Crippen LogP contribution in [0.1, 0.15) is 32.6 Å². The van der Waals surface area contributed by atoms with Crippen LogP contribution in [-0.2, 0) is 17.8 Å². The highest BCUT2D eigenvalue weighted by Gasteiger charge is 2.09. The van der Waals surface area contributed by atoms with Gasteiger partial charge in [0.2, 0.25) is 5.91 Å². The molecule has 1 heterocycles. The molecular formula is C24H23N3O2. The maximum atomic E-state index is 12.5. The van der Waals surface area contributed by atoms with E-state index in [0.29, 0.717) is 17.8 Å². The van der Waals surface area contributed by atoms with Gasteiger partial charge >= 0.3 is 0 Å². The van der Waals surface area contributed by atoms with Crippen molar-refractivity contribution in [1.82, 2.24) is 10.3 Å². The molecule has 0 saturated heterocycles. The number of amides is 1. The molecule has 3 rings (SSSR count). The van der Waals surface area contributed by atoms with Gasteiger partial charge in [0.05, 0.1) is 0 Å². The van der Waals surface area contributed by atoms with Crippen LogP contribution in [0.3, 0.4) is 0 Å². The highest BCUT2D eigenvalue weighted by molar-refractivity contribution is 5.98. The summed E-state index contributed by atoms with van der Waals surface area (Å²) < 4.78 is 0. The second kappa shape index (κ2) is 9.46. The van der Waals surface area contributed by atoms with E-state index < -0.39 is 0 Å². The minimum atomic E-state index is -0.191. The number of benzene rings is 2. The minimum absolute atomic E-state index is 0.00976. The van der Waals surface area contributed by atoms with Crippen molar-refractivity contribution in [2.24, 2.45) is 0 Å². The molecule has 0 unspecified atom stereocenters. The van der Waals surface area contributed by atoms with E-state index in [4.69, 9.17) is 5.73 Å². The Labute approximate surface area is 170 Å². The summed E-state index contributed by atoms with van der Waals surface area (Å²) in [5.41, 5.74) is 10.9. The Balaban J connectivity index is 1.53. The van der Waals surface area contributed by atoms with E-state index in [9.17, 15) is 9.59 Å². The van der Waals surface area contributed by atoms with E-state index >= 15 is 0 Å². The van der Waals surface area contributed by atoms with Crippen LogP contribution >= 0.6 is 0 Å². The Kier molecular flexibility index (Phi) is 6.53. The number of hydrogen-bond acceptors (Lipinski definition) is 4. The molecule has 0 aliphatic carbocycles. The number of nitrogens with one attached hydrogen (secondary N) is 1. The summed E-state index contributed by atoms with van der Waals surface area (Å²) in [4.78, 5) is 28.4. The molecule has 3 aromatic rings. The Morgan fingerprint density at radius 2 is 1.90 bits per heavy atom. The van der Waals surface area contributed by atoms with Crippen LogP contribution < -0.4 is 11.1 Å². The Morgan fingerprint density at radius 3 is 2.59 bits per heavy atom. The van der Waals surface area contributed by atoms with Gasteiger partial charge in [-0.1, -0.05) is 42.5 Å². The first kappa shape index (κ1) is 20.0. The maximum Gasteiger partial charge on any atom is 0.244 e. The molecule has 2 aromatic carbocycles. The number of aryl methyl sites for hydroxylation is 1. The molecule has 29 heavy (non-hydrogen) atoms. The lowest BCUT2D eigenvalue weighted by Gasteiger charge is -2.07. The number of carbonyl (C=O) groups is 2. The van der Waals surface area contributed by atoms with Crippen LogP contribution in [0, 0.1) is 6.92 Å². The summed E-state index contributed by atoms with van der Waals surface area (Å²) in [5, 5.41) is 2.82. The van der Waals surface area contributed by atoms with Crippen LogP contribution in [0.25, 0.3) is 6.08 Å². The predicted octanol–water partition coefficient (Wildman–Crippen LogP) is 3.73. The fraction of sp³-hybridized carbons (Fsp3) is 0.125. The van der Waals surface area contributed by atoms with Gasteiger partial charge in [0.15, 0.2) is 5.78 Å². The molecule has 3 N–H and O–H groups in total. The summed E-state index contributed by atoms with van der Waals surface area (Å²) in [6, 6.07) is 16.6. The fourth-order valence-corrected chi connectivity index (χ4v) is 2.85. The van der Waals surface area contributed by atoms with Gasteiger partial charge in [-0.3, -0.25) is 14.6 Å². The molecule has 0 aliphatic heterocycles. The van der Waals surface area contributed by atoms with Gasteiger partial charge in [0, 0.05) is 42.7 Å². The highest BCUT2D eigenvalue weighted by atomic mass is 16.1. The Bertz CT molecular complexity index is 1030. The number of rotatable bonds is 7. The standard InChI is InChI=1S/C24H23N3O2/c1-17-4-8-21(22(25)13-17)14-23(28)20-9-5-19(6-10-20)16-27-24(29)11-7-18-3-2-12-26-15-18/h2-13,15H,14,16,25H2,1H3,(H,27,29)/b11-7+. The third-order valence-corrected chi connectivity index (χ3v) is 4.51. The third kappa shape index (κ3) is 5.87. The van der Waals surface area contributed by atoms with E-state index in [2.05, 4.69) is 10.3 Å². The van der Waals surface area contributed by atoms with Gasteiger partial charge in [-0.15, -0.1) is 0 Å². The number of Topliss-reactive ketones (excluding diaryl/α,β-unsaturated/α-hetero) is 1. The summed E-state index contributed by atoms with van der Waals surface area (Å²) in [5.74, 6) is -0.181. The lowest BCUT2D eigenvalue weighted by atomic mass is 10.00. The zero-order valence-electron chi connectivity index (χ0n) is 16.3. The van der Waals surface area contributed by atoms with Crippen molar-refractivity contribution in [1.29, 1.82) is 0 Å². The van der Waals surface area contributed by atoms with Crippen LogP contribution in [0.2, 0.25) is 0 Å². The number of nitrogens with zero attached hydrogens (tertiary/aromatic N) is 1. The molecule has 0 spiro atoms. The summed E-state index contributed by atoms with van der Waals surface area (Å²) >= 11 is 0. The zero-order valence-corrected chi connectivity index (χ0v) is 16.3. The number of hydrogen-bond donors (Lipinski definition) is 2. The van der Waals surface area contributed by atoms with E-state index in [0.717, 1.165) is 22.3 Å². The molecule has 0 bridgehead atoms. The average molecular weight is 385 g/mol. The molecule has 0 aliphatic rings. The number of ketones is 1. The molecule has 5 nitrogen and oxygen atoms in total. The predicted molar refractivity (Wildman–Crippen MR) is 115 cm³/mol. The van der Waals surface area contributed by atoms with Crippen LogP contribution in [-0.4, -0.2) is 16.7 Å². The van der Waals surface area contributed by atoms with Crippen molar-refractivity contribution in [3.05, 3.63) is 101 Å². The third-order valence-electron chi connectivity index (χ3n) is 4.51. The summed E-state index contributed by atoms with van der Waals surface area (Å²) in [6.07, 6.45) is 6.81. The molecular weight excluding hydrogens is 362 g/mol. The molecule has 1 aromatic heterocycles. The van der Waals surface area contributed by atoms with Gasteiger partial charge in [0.25, 0.3) is 0 Å². The SMILES string of the molecule is Cc1ccc(CC(=O)c2ccc(CNC(=O)/C=C/c3cccnc3)cc2)c(N)c1. The topological polar surface area (TPSA) is 85.1 Å². The van der Waals surface area contributed by atoms with E-state index in [-0.39, 0.29) is 18.1 Å². The number of pyridine rings is 1. The second-order valence-corrected chi connectivity index (χ2v) is 6.84. The van der Waals surface area contributed by atoms with Gasteiger partial charge in [-0.25, -0.2) is 0 Å². The molecule has 0 atom stereocenters. The van der Waals surface area contributed by atoms with Crippen LogP contribution in [0.4, 0.5) is 5.69 Å². The number of carbonyl (C=O) groups excluding carboxylic acids is 2. The number of nitrogen functional groups attached to an aromatic ring is 1. The first-order chi connectivity index (χ1) is 14.0. The molecule has 5 heteroatoms. The quantitative estimate of drug-likeness (QED) is 0.369. The minimum Gasteiger partial charge on any atom is -0.398 e. The Morgan fingerprint density at radius 1 is 1.10 bits per heavy atom. The van der Waals surface area contributed by atoms with Crippen molar-refractivity contribution >= 4 is 23.5 Å². The molecule has 0 radical (unpaired) electrons. The molecule has 146 valence electrons. The lowest BCUT2D eigenvalue weighted by Crippen LogP contribution is -2.20. The van der Waals surface area contributed by atoms with Crippen LogP contribution in [0.15, 0.2) is 73.1 Å². The first-order valence-electron chi connectivity index (χ1n) is 9.34. The van der Waals surface area contributed by atoms with Crippen molar-refractivity contribution in [3.63, 3.8) is 0 Å². The summed E-state index contributed by atoms with van der Waals surface area (Å²) in [6.45, 7) is 2.35. The highest BCUT2D eigenvalue weighted by Crippen LogP contribution is 2.17. The molecule has 0 fully saturated rings. The smallest absolute Gasteiger partial charge is 0.244 e. The first-order valence-corrected chi connectivity index (χ1v) is 9.34. The Hall–Kier alpha value is -3.73. The van der Waals surface area contributed by atoms with Crippen LogP contribution in [0.5, 0.6) is 0 Å². The monoisotopic (exact) mass is 385 g/mol. The van der Waals surface area contributed by atoms with E-state index in [1.165, 1.54) is 6.08 Å².